The van der Waals surface area contributed by atoms with E-state index in [1.807, 2.05) is 18.2 Å². The van der Waals surface area contributed by atoms with Crippen molar-refractivity contribution in [3.05, 3.63) is 56.8 Å². The maximum absolute atomic E-state index is 12.4. The van der Waals surface area contributed by atoms with Crippen molar-refractivity contribution in [2.24, 2.45) is 5.92 Å². The molecule has 1 aromatic heterocycles. The first-order chi connectivity index (χ1) is 12.6. The molecule has 0 saturated heterocycles. The number of hydrogen-bond acceptors (Lipinski definition) is 4. The van der Waals surface area contributed by atoms with Crippen molar-refractivity contribution in [3.63, 3.8) is 0 Å². The van der Waals surface area contributed by atoms with Crippen LogP contribution in [0.5, 0.6) is 0 Å². The standard InChI is InChI=1S/C20H24N2O3S/c1-3-13-6-9-17-16(10-13)11-18(26-17)20(24)22-21-19(23)15-7-4-14(5-8-15)12-25-2/h4-5,7-8,11,13H,3,6,9-10,12H2,1-2H3,(H,21,23)(H,22,24)/t13-/m0/s1. The van der Waals surface area contributed by atoms with Crippen LogP contribution in [0.2, 0.25) is 0 Å². The lowest BCUT2D eigenvalue weighted by atomic mass is 9.87. The normalized spacial score (nSPS) is 16.0. The van der Waals surface area contributed by atoms with E-state index >= 15 is 0 Å². The van der Waals surface area contributed by atoms with Crippen LogP contribution in [0.4, 0.5) is 0 Å². The molecule has 6 heteroatoms. The Morgan fingerprint density at radius 3 is 2.62 bits per heavy atom. The molecule has 26 heavy (non-hydrogen) atoms. The number of fused-ring (bicyclic) bond motifs is 1. The third-order valence-electron chi connectivity index (χ3n) is 4.80. The van der Waals surface area contributed by atoms with Gasteiger partial charge in [0.25, 0.3) is 11.8 Å². The molecular formula is C20H24N2O3S. The minimum absolute atomic E-state index is 0.262. The molecule has 2 amide bonds. The van der Waals surface area contributed by atoms with Crippen LogP contribution in [-0.4, -0.2) is 18.9 Å². The van der Waals surface area contributed by atoms with E-state index in [4.69, 9.17) is 4.74 Å². The number of amides is 2. The zero-order valence-corrected chi connectivity index (χ0v) is 15.9. The van der Waals surface area contributed by atoms with Crippen LogP contribution in [0, 0.1) is 5.92 Å². The monoisotopic (exact) mass is 372 g/mol. The second kappa shape index (κ2) is 8.47. The SMILES string of the molecule is CC[C@H]1CCc2sc(C(=O)NNC(=O)c3ccc(COC)cc3)cc2C1. The molecule has 0 saturated carbocycles. The van der Waals surface area contributed by atoms with Crippen molar-refractivity contribution in [1.82, 2.24) is 10.9 Å². The molecule has 5 nitrogen and oxygen atoms in total. The van der Waals surface area contributed by atoms with E-state index in [2.05, 4.69) is 17.8 Å². The van der Waals surface area contributed by atoms with Gasteiger partial charge < -0.3 is 4.74 Å². The van der Waals surface area contributed by atoms with Crippen molar-refractivity contribution < 1.29 is 14.3 Å². The highest BCUT2D eigenvalue weighted by atomic mass is 32.1. The highest BCUT2D eigenvalue weighted by Crippen LogP contribution is 2.33. The largest absolute Gasteiger partial charge is 0.380 e. The maximum atomic E-state index is 12.4. The zero-order chi connectivity index (χ0) is 18.5. The number of aryl methyl sites for hydroxylation is 1. The predicted molar refractivity (Wildman–Crippen MR) is 102 cm³/mol. The van der Waals surface area contributed by atoms with E-state index < -0.39 is 0 Å². The summed E-state index contributed by atoms with van der Waals surface area (Å²) in [5.41, 5.74) is 7.77. The van der Waals surface area contributed by atoms with Crippen molar-refractivity contribution in [2.75, 3.05) is 7.11 Å². The summed E-state index contributed by atoms with van der Waals surface area (Å²) < 4.78 is 5.05. The molecular weight excluding hydrogens is 348 g/mol. The van der Waals surface area contributed by atoms with Crippen LogP contribution in [0.15, 0.2) is 30.3 Å². The van der Waals surface area contributed by atoms with Gasteiger partial charge in [-0.3, -0.25) is 20.4 Å². The third-order valence-corrected chi connectivity index (χ3v) is 6.04. The molecule has 3 rings (SSSR count). The Morgan fingerprint density at radius 1 is 1.19 bits per heavy atom. The van der Waals surface area contributed by atoms with Gasteiger partial charge in [0, 0.05) is 17.6 Å². The minimum Gasteiger partial charge on any atom is -0.380 e. The molecule has 1 aliphatic carbocycles. The first kappa shape index (κ1) is 18.6. The highest BCUT2D eigenvalue weighted by molar-refractivity contribution is 7.14. The zero-order valence-electron chi connectivity index (χ0n) is 15.1. The van der Waals surface area contributed by atoms with Crippen LogP contribution in [0.1, 0.15) is 55.8 Å². The molecule has 1 aliphatic rings. The average molecular weight is 372 g/mol. The molecule has 1 aromatic carbocycles. The first-order valence-electron chi connectivity index (χ1n) is 8.90. The van der Waals surface area contributed by atoms with Gasteiger partial charge in [-0.05, 0) is 54.5 Å². The van der Waals surface area contributed by atoms with Crippen LogP contribution >= 0.6 is 11.3 Å². The van der Waals surface area contributed by atoms with Crippen LogP contribution in [-0.2, 0) is 24.2 Å². The van der Waals surface area contributed by atoms with Crippen molar-refractivity contribution >= 4 is 23.2 Å². The van der Waals surface area contributed by atoms with Gasteiger partial charge in [-0.15, -0.1) is 11.3 Å². The molecule has 0 bridgehead atoms. The number of carbonyl (C=O) groups is 2. The summed E-state index contributed by atoms with van der Waals surface area (Å²) in [5, 5.41) is 0. The number of ether oxygens (including phenoxy) is 1. The molecule has 138 valence electrons. The fourth-order valence-electron chi connectivity index (χ4n) is 3.23. The Bertz CT molecular complexity index is 783. The van der Waals surface area contributed by atoms with E-state index in [0.717, 1.165) is 18.4 Å². The van der Waals surface area contributed by atoms with Gasteiger partial charge in [0.2, 0.25) is 0 Å². The summed E-state index contributed by atoms with van der Waals surface area (Å²) in [5.74, 6) is 0.116. The van der Waals surface area contributed by atoms with Crippen LogP contribution in [0.3, 0.4) is 0 Å². The fourth-order valence-corrected chi connectivity index (χ4v) is 4.33. The van der Waals surface area contributed by atoms with Gasteiger partial charge in [-0.2, -0.15) is 0 Å². The second-order valence-electron chi connectivity index (χ2n) is 6.61. The topological polar surface area (TPSA) is 67.4 Å². The number of methoxy groups -OCH3 is 1. The summed E-state index contributed by atoms with van der Waals surface area (Å²) in [6.07, 6.45) is 4.47. The predicted octanol–water partition coefficient (Wildman–Crippen LogP) is 3.48. The maximum Gasteiger partial charge on any atom is 0.279 e. The second-order valence-corrected chi connectivity index (χ2v) is 7.75. The smallest absolute Gasteiger partial charge is 0.279 e. The van der Waals surface area contributed by atoms with Gasteiger partial charge in [-0.25, -0.2) is 0 Å². The van der Waals surface area contributed by atoms with Crippen molar-refractivity contribution in [2.45, 2.75) is 39.2 Å². The lowest BCUT2D eigenvalue weighted by molar-refractivity contribution is 0.0849. The van der Waals surface area contributed by atoms with E-state index in [0.29, 0.717) is 23.0 Å². The number of carbonyl (C=O) groups excluding carboxylic acids is 2. The number of hydrogen-bond donors (Lipinski definition) is 2. The molecule has 2 N–H and O–H groups in total. The molecule has 0 spiro atoms. The third kappa shape index (κ3) is 4.31. The number of rotatable bonds is 5. The lowest BCUT2D eigenvalue weighted by Gasteiger charge is -2.19. The number of benzene rings is 1. The molecule has 0 unspecified atom stereocenters. The summed E-state index contributed by atoms with van der Waals surface area (Å²) in [7, 11) is 1.63. The van der Waals surface area contributed by atoms with Gasteiger partial charge in [-0.1, -0.05) is 25.5 Å². The number of hydrazine groups is 1. The summed E-state index contributed by atoms with van der Waals surface area (Å²) in [4.78, 5) is 26.5. The van der Waals surface area contributed by atoms with Crippen molar-refractivity contribution in [1.29, 1.82) is 0 Å². The van der Waals surface area contributed by atoms with E-state index in [-0.39, 0.29) is 11.8 Å². The minimum atomic E-state index is -0.338. The summed E-state index contributed by atoms with van der Waals surface area (Å²) >= 11 is 1.53. The van der Waals surface area contributed by atoms with Crippen molar-refractivity contribution in [3.8, 4) is 0 Å². The van der Waals surface area contributed by atoms with E-state index in [9.17, 15) is 9.59 Å². The van der Waals surface area contributed by atoms with Crippen LogP contribution in [0.25, 0.3) is 0 Å². The van der Waals surface area contributed by atoms with E-state index in [1.165, 1.54) is 34.6 Å². The Hall–Kier alpha value is -2.18. The van der Waals surface area contributed by atoms with E-state index in [1.54, 1.807) is 19.2 Å². The number of thiophene rings is 1. The first-order valence-corrected chi connectivity index (χ1v) is 9.72. The Morgan fingerprint density at radius 2 is 1.92 bits per heavy atom. The molecule has 1 atom stereocenters. The van der Waals surface area contributed by atoms with Gasteiger partial charge in [0.15, 0.2) is 0 Å². The molecule has 1 heterocycles. The van der Waals surface area contributed by atoms with Gasteiger partial charge in [0.05, 0.1) is 11.5 Å². The Labute approximate surface area is 157 Å². The molecule has 2 aromatic rings. The average Bonchev–Trinajstić information content (AvgIpc) is 3.10. The number of nitrogens with one attached hydrogen (secondary N) is 2. The lowest BCUT2D eigenvalue weighted by Crippen LogP contribution is -2.41. The fraction of sp³-hybridized carbons (Fsp3) is 0.400. The Kier molecular flexibility index (Phi) is 6.06. The molecule has 0 fully saturated rings. The summed E-state index contributed by atoms with van der Waals surface area (Å²) in [6, 6.07) is 9.06. The van der Waals surface area contributed by atoms with Gasteiger partial charge >= 0.3 is 0 Å². The van der Waals surface area contributed by atoms with Gasteiger partial charge in [0.1, 0.15) is 0 Å². The van der Waals surface area contributed by atoms with Crippen LogP contribution < -0.4 is 10.9 Å². The molecule has 0 aliphatic heterocycles. The molecule has 0 radical (unpaired) electrons. The quantitative estimate of drug-likeness (QED) is 0.790. The highest BCUT2D eigenvalue weighted by Gasteiger charge is 2.22. The summed E-state index contributed by atoms with van der Waals surface area (Å²) in [6.45, 7) is 2.72. The Balaban J connectivity index is 1.57.